The summed E-state index contributed by atoms with van der Waals surface area (Å²) in [5, 5.41) is 2.79. The molecule has 0 spiro atoms. The third-order valence-corrected chi connectivity index (χ3v) is 7.84. The third-order valence-electron chi connectivity index (χ3n) is 5.29. The molecule has 29 heavy (non-hydrogen) atoms. The molecular weight excluding hydrogens is 456 g/mol. The van der Waals surface area contributed by atoms with Gasteiger partial charge in [0.25, 0.3) is 5.91 Å². The summed E-state index contributed by atoms with van der Waals surface area (Å²) in [5.74, 6) is 0.349. The molecule has 0 aromatic heterocycles. The van der Waals surface area contributed by atoms with Crippen molar-refractivity contribution in [1.82, 2.24) is 4.31 Å². The zero-order valence-corrected chi connectivity index (χ0v) is 18.9. The van der Waals surface area contributed by atoms with E-state index in [2.05, 4.69) is 21.2 Å². The van der Waals surface area contributed by atoms with Crippen LogP contribution in [-0.4, -0.2) is 38.8 Å². The fourth-order valence-electron chi connectivity index (χ4n) is 3.53. The van der Waals surface area contributed by atoms with Crippen molar-refractivity contribution in [1.29, 1.82) is 0 Å². The van der Waals surface area contributed by atoms with Gasteiger partial charge < -0.3 is 10.1 Å². The molecule has 0 radical (unpaired) electrons. The number of nitrogens with zero attached hydrogens (tertiary/aromatic N) is 1. The van der Waals surface area contributed by atoms with E-state index in [0.717, 1.165) is 25.7 Å². The summed E-state index contributed by atoms with van der Waals surface area (Å²) in [5.41, 5.74) is 0.993. The van der Waals surface area contributed by atoms with Gasteiger partial charge in [0.15, 0.2) is 0 Å². The average Bonchev–Trinajstić information content (AvgIpc) is 2.74. The first kappa shape index (κ1) is 21.8. The lowest BCUT2D eigenvalue weighted by Crippen LogP contribution is -2.38. The molecule has 3 rings (SSSR count). The highest BCUT2D eigenvalue weighted by molar-refractivity contribution is 9.10. The van der Waals surface area contributed by atoms with Gasteiger partial charge in [-0.05, 0) is 71.2 Å². The number of hydrogen-bond donors (Lipinski definition) is 1. The Hall–Kier alpha value is -1.90. The average molecular weight is 481 g/mol. The molecule has 1 saturated carbocycles. The maximum absolute atomic E-state index is 12.9. The van der Waals surface area contributed by atoms with Gasteiger partial charge >= 0.3 is 0 Å². The standard InChI is InChI=1S/C21H25BrN2O4S/c1-24(17-6-4-3-5-7-17)29(26,27)18-11-9-16(10-12-18)23-21(25)15-8-13-20(28-2)19(22)14-15/h8-14,17H,3-7H2,1-2H3,(H,23,25). The molecule has 0 saturated heterocycles. The summed E-state index contributed by atoms with van der Waals surface area (Å²) in [7, 11) is -0.337. The molecule has 156 valence electrons. The van der Waals surface area contributed by atoms with Crippen molar-refractivity contribution in [3.05, 3.63) is 52.5 Å². The molecule has 0 heterocycles. The molecule has 1 aliphatic rings. The number of amides is 1. The van der Waals surface area contributed by atoms with E-state index in [1.54, 1.807) is 44.5 Å². The maximum atomic E-state index is 12.9. The highest BCUT2D eigenvalue weighted by atomic mass is 79.9. The maximum Gasteiger partial charge on any atom is 0.255 e. The lowest BCUT2D eigenvalue weighted by molar-refractivity contribution is 0.102. The second-order valence-corrected chi connectivity index (χ2v) is 9.99. The van der Waals surface area contributed by atoms with Crippen molar-refractivity contribution in [2.24, 2.45) is 0 Å². The Morgan fingerprint density at radius 2 is 1.76 bits per heavy atom. The molecule has 0 bridgehead atoms. The van der Waals surface area contributed by atoms with E-state index in [-0.39, 0.29) is 16.8 Å². The second-order valence-electron chi connectivity index (χ2n) is 7.14. The molecule has 1 amide bonds. The molecule has 1 aliphatic carbocycles. The van der Waals surface area contributed by atoms with Crippen molar-refractivity contribution < 1.29 is 17.9 Å². The number of anilines is 1. The topological polar surface area (TPSA) is 75.7 Å². The minimum atomic E-state index is -3.55. The first-order chi connectivity index (χ1) is 13.8. The lowest BCUT2D eigenvalue weighted by Gasteiger charge is -2.30. The smallest absolute Gasteiger partial charge is 0.255 e. The van der Waals surface area contributed by atoms with Gasteiger partial charge in [-0.15, -0.1) is 0 Å². The molecule has 2 aromatic carbocycles. The highest BCUT2D eigenvalue weighted by Crippen LogP contribution is 2.28. The van der Waals surface area contributed by atoms with Crippen molar-refractivity contribution in [2.75, 3.05) is 19.5 Å². The largest absolute Gasteiger partial charge is 0.496 e. The third kappa shape index (κ3) is 4.99. The van der Waals surface area contributed by atoms with Crippen LogP contribution in [0.2, 0.25) is 0 Å². The van der Waals surface area contributed by atoms with Crippen LogP contribution in [0.5, 0.6) is 5.75 Å². The molecular formula is C21H25BrN2O4S. The summed E-state index contributed by atoms with van der Waals surface area (Å²) in [6.07, 6.45) is 5.11. The minimum absolute atomic E-state index is 0.0571. The summed E-state index contributed by atoms with van der Waals surface area (Å²) >= 11 is 3.36. The molecule has 1 fully saturated rings. The van der Waals surface area contributed by atoms with E-state index in [1.165, 1.54) is 22.9 Å². The van der Waals surface area contributed by atoms with Crippen molar-refractivity contribution in [3.63, 3.8) is 0 Å². The van der Waals surface area contributed by atoms with Crippen LogP contribution in [0.3, 0.4) is 0 Å². The Labute approximate surface area is 180 Å². The summed E-state index contributed by atoms with van der Waals surface area (Å²) in [6, 6.07) is 11.4. The second kappa shape index (κ2) is 9.28. The van der Waals surface area contributed by atoms with Crippen LogP contribution in [0.1, 0.15) is 42.5 Å². The Bertz CT molecular complexity index is 971. The van der Waals surface area contributed by atoms with Gasteiger partial charge in [0.2, 0.25) is 10.0 Å². The van der Waals surface area contributed by atoms with Crippen LogP contribution < -0.4 is 10.1 Å². The van der Waals surface area contributed by atoms with Crippen LogP contribution in [0, 0.1) is 0 Å². The van der Waals surface area contributed by atoms with Crippen LogP contribution in [0.25, 0.3) is 0 Å². The normalized spacial score (nSPS) is 15.3. The van der Waals surface area contributed by atoms with Crippen molar-refractivity contribution in [2.45, 2.75) is 43.0 Å². The number of rotatable bonds is 6. The molecule has 0 aliphatic heterocycles. The van der Waals surface area contributed by atoms with E-state index < -0.39 is 10.0 Å². The predicted octanol–water partition coefficient (Wildman–Crippen LogP) is 4.66. The first-order valence-corrected chi connectivity index (χ1v) is 11.8. The number of carbonyl (C=O) groups excluding carboxylic acids is 1. The number of carbonyl (C=O) groups is 1. The number of methoxy groups -OCH3 is 1. The van der Waals surface area contributed by atoms with E-state index in [1.807, 2.05) is 0 Å². The van der Waals surface area contributed by atoms with E-state index in [4.69, 9.17) is 4.74 Å². The molecule has 8 heteroatoms. The van der Waals surface area contributed by atoms with Gasteiger partial charge in [0.1, 0.15) is 5.75 Å². The quantitative estimate of drug-likeness (QED) is 0.651. The van der Waals surface area contributed by atoms with Gasteiger partial charge in [-0.25, -0.2) is 8.42 Å². The van der Waals surface area contributed by atoms with Crippen molar-refractivity contribution >= 4 is 37.5 Å². The Balaban J connectivity index is 1.71. The zero-order valence-electron chi connectivity index (χ0n) is 16.5. The van der Waals surface area contributed by atoms with Gasteiger partial charge in [-0.3, -0.25) is 4.79 Å². The van der Waals surface area contributed by atoms with E-state index >= 15 is 0 Å². The van der Waals surface area contributed by atoms with Gasteiger partial charge in [-0.2, -0.15) is 4.31 Å². The highest BCUT2D eigenvalue weighted by Gasteiger charge is 2.28. The van der Waals surface area contributed by atoms with E-state index in [9.17, 15) is 13.2 Å². The first-order valence-electron chi connectivity index (χ1n) is 9.56. The van der Waals surface area contributed by atoms with Gasteiger partial charge in [0, 0.05) is 24.3 Å². The van der Waals surface area contributed by atoms with Crippen LogP contribution >= 0.6 is 15.9 Å². The van der Waals surface area contributed by atoms with Gasteiger partial charge in [-0.1, -0.05) is 19.3 Å². The van der Waals surface area contributed by atoms with Crippen LogP contribution in [0.15, 0.2) is 51.8 Å². The number of benzene rings is 2. The molecule has 1 N–H and O–H groups in total. The number of sulfonamides is 1. The van der Waals surface area contributed by atoms with Crippen LogP contribution in [0.4, 0.5) is 5.69 Å². The number of ether oxygens (including phenoxy) is 1. The van der Waals surface area contributed by atoms with Crippen molar-refractivity contribution in [3.8, 4) is 5.75 Å². The fourth-order valence-corrected chi connectivity index (χ4v) is 5.48. The monoisotopic (exact) mass is 480 g/mol. The minimum Gasteiger partial charge on any atom is -0.496 e. The summed E-state index contributed by atoms with van der Waals surface area (Å²) in [4.78, 5) is 12.7. The zero-order chi connectivity index (χ0) is 21.0. The SMILES string of the molecule is COc1ccc(C(=O)Nc2ccc(S(=O)(=O)N(C)C3CCCCC3)cc2)cc1Br. The Morgan fingerprint density at radius 1 is 1.10 bits per heavy atom. The van der Waals surface area contributed by atoms with Gasteiger partial charge in [0.05, 0.1) is 16.5 Å². The summed E-state index contributed by atoms with van der Waals surface area (Å²) < 4.78 is 33.2. The lowest BCUT2D eigenvalue weighted by atomic mass is 9.96. The van der Waals surface area contributed by atoms with Crippen LogP contribution in [-0.2, 0) is 10.0 Å². The number of hydrogen-bond acceptors (Lipinski definition) is 4. The van der Waals surface area contributed by atoms with E-state index in [0.29, 0.717) is 21.5 Å². The summed E-state index contributed by atoms with van der Waals surface area (Å²) in [6.45, 7) is 0. The molecule has 0 unspecified atom stereocenters. The molecule has 6 nitrogen and oxygen atoms in total. The Kier molecular flexibility index (Phi) is 6.97. The number of nitrogens with one attached hydrogen (secondary N) is 1. The molecule has 2 aromatic rings. The fraction of sp³-hybridized carbons (Fsp3) is 0.381. The predicted molar refractivity (Wildman–Crippen MR) is 117 cm³/mol. The number of halogens is 1. The molecule has 0 atom stereocenters. The Morgan fingerprint density at radius 3 is 2.34 bits per heavy atom.